The first-order valence-electron chi connectivity index (χ1n) is 17.3. The normalized spacial score (nSPS) is 11.9. The standard InChI is InChI=1S/C47H29N3O/c1-2-12-33(13-3-1)49-42-19-8-5-16-37(42)40-28-30(22-24-43(40)49)31-21-23-38-36-15-4-7-18-41(36)50(44(38)29-31)34-14-10-11-32(27-34)35-25-26-48-46-39-17-6-9-20-45(39)51-47(35)46/h1-29H. The summed E-state index contributed by atoms with van der Waals surface area (Å²) in [7, 11) is 0. The van der Waals surface area contributed by atoms with Gasteiger partial charge in [-0.2, -0.15) is 0 Å². The third kappa shape index (κ3) is 4.17. The fraction of sp³-hybridized carbons (Fsp3) is 0. The summed E-state index contributed by atoms with van der Waals surface area (Å²) in [5.41, 5.74) is 14.0. The Kier molecular flexibility index (Phi) is 5.92. The Labute approximate surface area is 293 Å². The van der Waals surface area contributed by atoms with Crippen LogP contribution in [0.5, 0.6) is 0 Å². The van der Waals surface area contributed by atoms with E-state index in [9.17, 15) is 0 Å². The van der Waals surface area contributed by atoms with Crippen LogP contribution in [0.15, 0.2) is 180 Å². The van der Waals surface area contributed by atoms with E-state index in [-0.39, 0.29) is 0 Å². The highest BCUT2D eigenvalue weighted by Gasteiger charge is 2.18. The molecule has 0 saturated carbocycles. The van der Waals surface area contributed by atoms with Crippen molar-refractivity contribution in [2.45, 2.75) is 0 Å². The van der Waals surface area contributed by atoms with Crippen molar-refractivity contribution in [2.24, 2.45) is 0 Å². The molecule has 238 valence electrons. The first-order chi connectivity index (χ1) is 25.3. The van der Waals surface area contributed by atoms with Crippen LogP contribution in [0.3, 0.4) is 0 Å². The minimum Gasteiger partial charge on any atom is -0.454 e. The van der Waals surface area contributed by atoms with Gasteiger partial charge in [0.2, 0.25) is 0 Å². The van der Waals surface area contributed by atoms with Crippen molar-refractivity contribution in [1.29, 1.82) is 0 Å². The van der Waals surface area contributed by atoms with Gasteiger partial charge in [-0.1, -0.05) is 97.1 Å². The quantitative estimate of drug-likeness (QED) is 0.190. The monoisotopic (exact) mass is 651 g/mol. The molecule has 0 aliphatic rings. The van der Waals surface area contributed by atoms with Gasteiger partial charge in [0.25, 0.3) is 0 Å². The number of rotatable bonds is 4. The second kappa shape index (κ2) is 10.8. The zero-order valence-corrected chi connectivity index (χ0v) is 27.5. The minimum absolute atomic E-state index is 0.810. The number of benzene rings is 7. The molecule has 0 N–H and O–H groups in total. The van der Waals surface area contributed by atoms with E-state index in [4.69, 9.17) is 9.40 Å². The number of nitrogens with zero attached hydrogens (tertiary/aromatic N) is 3. The van der Waals surface area contributed by atoms with Gasteiger partial charge in [-0.05, 0) is 89.5 Å². The van der Waals surface area contributed by atoms with Crippen LogP contribution in [0.2, 0.25) is 0 Å². The zero-order chi connectivity index (χ0) is 33.5. The van der Waals surface area contributed by atoms with Crippen molar-refractivity contribution < 1.29 is 4.42 Å². The van der Waals surface area contributed by atoms with Crippen molar-refractivity contribution in [3.63, 3.8) is 0 Å². The van der Waals surface area contributed by atoms with E-state index >= 15 is 0 Å². The highest BCUT2D eigenvalue weighted by molar-refractivity contribution is 6.13. The SMILES string of the molecule is c1ccc(-n2c3ccccc3c3cc(-c4ccc5c6ccccc6n(-c6cccc(-c7ccnc8c7oc7ccccc78)c6)c5c4)ccc32)cc1. The van der Waals surface area contributed by atoms with E-state index < -0.39 is 0 Å². The maximum absolute atomic E-state index is 6.39. The second-order valence-electron chi connectivity index (χ2n) is 13.2. The van der Waals surface area contributed by atoms with Crippen LogP contribution in [0.1, 0.15) is 0 Å². The molecule has 0 bridgehead atoms. The summed E-state index contributed by atoms with van der Waals surface area (Å²) in [6.45, 7) is 0. The summed E-state index contributed by atoms with van der Waals surface area (Å²) in [5, 5.41) is 5.98. The molecule has 0 atom stereocenters. The second-order valence-corrected chi connectivity index (χ2v) is 13.2. The molecule has 4 heterocycles. The molecule has 11 rings (SSSR count). The summed E-state index contributed by atoms with van der Waals surface area (Å²) in [4.78, 5) is 4.70. The van der Waals surface area contributed by atoms with Crippen LogP contribution in [0.4, 0.5) is 0 Å². The maximum atomic E-state index is 6.39. The summed E-state index contributed by atoms with van der Waals surface area (Å²) < 4.78 is 11.1. The lowest BCUT2D eigenvalue weighted by atomic mass is 10.0. The number of hydrogen-bond donors (Lipinski definition) is 0. The molecule has 0 unspecified atom stereocenters. The molecule has 0 aliphatic carbocycles. The van der Waals surface area contributed by atoms with E-state index in [1.165, 1.54) is 54.7 Å². The van der Waals surface area contributed by atoms with Crippen LogP contribution < -0.4 is 0 Å². The van der Waals surface area contributed by atoms with E-state index in [2.05, 4.69) is 161 Å². The molecule has 0 radical (unpaired) electrons. The summed E-state index contributed by atoms with van der Waals surface area (Å²) in [6, 6.07) is 60.7. The average molecular weight is 652 g/mol. The van der Waals surface area contributed by atoms with E-state index in [0.29, 0.717) is 0 Å². The third-order valence-corrected chi connectivity index (χ3v) is 10.4. The summed E-state index contributed by atoms with van der Waals surface area (Å²) in [6.07, 6.45) is 1.88. The van der Waals surface area contributed by atoms with Crippen molar-refractivity contribution in [3.8, 4) is 33.6 Å². The van der Waals surface area contributed by atoms with Crippen molar-refractivity contribution in [3.05, 3.63) is 176 Å². The highest BCUT2D eigenvalue weighted by atomic mass is 16.3. The molecule has 0 saturated heterocycles. The molecule has 11 aromatic rings. The Morgan fingerprint density at radius 2 is 1.02 bits per heavy atom. The predicted octanol–water partition coefficient (Wildman–Crippen LogP) is 12.5. The minimum atomic E-state index is 0.810. The molecule has 7 aromatic carbocycles. The Bertz CT molecular complexity index is 3140. The molecular weight excluding hydrogens is 623 g/mol. The Balaban J connectivity index is 1.10. The van der Waals surface area contributed by atoms with Crippen molar-refractivity contribution in [2.75, 3.05) is 0 Å². The van der Waals surface area contributed by atoms with Crippen LogP contribution in [0.25, 0.3) is 99.3 Å². The molecular formula is C47H29N3O. The van der Waals surface area contributed by atoms with Gasteiger partial charge in [-0.25, -0.2) is 0 Å². The molecule has 4 nitrogen and oxygen atoms in total. The Hall–Kier alpha value is -6.91. The molecule has 4 aromatic heterocycles. The number of aromatic nitrogens is 3. The van der Waals surface area contributed by atoms with Gasteiger partial charge in [0.1, 0.15) is 11.1 Å². The largest absolute Gasteiger partial charge is 0.454 e. The molecule has 51 heavy (non-hydrogen) atoms. The van der Waals surface area contributed by atoms with Crippen molar-refractivity contribution in [1.82, 2.24) is 14.1 Å². The van der Waals surface area contributed by atoms with E-state index in [0.717, 1.165) is 44.6 Å². The topological polar surface area (TPSA) is 35.9 Å². The first-order valence-corrected chi connectivity index (χ1v) is 17.3. The average Bonchev–Trinajstić information content (AvgIpc) is 3.85. The van der Waals surface area contributed by atoms with Crippen LogP contribution in [-0.4, -0.2) is 14.1 Å². The van der Waals surface area contributed by atoms with Crippen LogP contribution in [0, 0.1) is 0 Å². The molecule has 0 spiro atoms. The molecule has 0 fully saturated rings. The number of furan rings is 1. The fourth-order valence-corrected chi connectivity index (χ4v) is 8.08. The number of fused-ring (bicyclic) bond motifs is 9. The summed E-state index contributed by atoms with van der Waals surface area (Å²) >= 11 is 0. The van der Waals surface area contributed by atoms with Gasteiger partial charge in [-0.15, -0.1) is 0 Å². The Morgan fingerprint density at radius 1 is 0.392 bits per heavy atom. The first kappa shape index (κ1) is 28.0. The number of hydrogen-bond acceptors (Lipinski definition) is 2. The lowest BCUT2D eigenvalue weighted by Gasteiger charge is -2.12. The molecule has 0 aliphatic heterocycles. The Morgan fingerprint density at radius 3 is 1.86 bits per heavy atom. The van der Waals surface area contributed by atoms with Crippen LogP contribution >= 0.6 is 0 Å². The van der Waals surface area contributed by atoms with Gasteiger partial charge in [-0.3, -0.25) is 4.98 Å². The third-order valence-electron chi connectivity index (χ3n) is 10.4. The fourth-order valence-electron chi connectivity index (χ4n) is 8.08. The number of para-hydroxylation sites is 4. The predicted molar refractivity (Wildman–Crippen MR) is 211 cm³/mol. The van der Waals surface area contributed by atoms with Gasteiger partial charge in [0.05, 0.1) is 22.1 Å². The van der Waals surface area contributed by atoms with E-state index in [1.807, 2.05) is 24.4 Å². The maximum Gasteiger partial charge on any atom is 0.161 e. The lowest BCUT2D eigenvalue weighted by molar-refractivity contribution is 0.669. The molecule has 0 amide bonds. The van der Waals surface area contributed by atoms with Crippen LogP contribution in [-0.2, 0) is 0 Å². The van der Waals surface area contributed by atoms with Gasteiger partial charge >= 0.3 is 0 Å². The van der Waals surface area contributed by atoms with Gasteiger partial charge in [0.15, 0.2) is 5.58 Å². The zero-order valence-electron chi connectivity index (χ0n) is 27.5. The van der Waals surface area contributed by atoms with Gasteiger partial charge in [0, 0.05) is 50.1 Å². The van der Waals surface area contributed by atoms with Crippen molar-refractivity contribution >= 4 is 65.7 Å². The molecule has 4 heteroatoms. The van der Waals surface area contributed by atoms with Gasteiger partial charge < -0.3 is 13.6 Å². The van der Waals surface area contributed by atoms with E-state index in [1.54, 1.807) is 0 Å². The summed E-state index contributed by atoms with van der Waals surface area (Å²) in [5.74, 6) is 0. The smallest absolute Gasteiger partial charge is 0.161 e. The highest BCUT2D eigenvalue weighted by Crippen LogP contribution is 2.40. The number of pyridine rings is 1. The lowest BCUT2D eigenvalue weighted by Crippen LogP contribution is -1.95.